The molecular formula is H3BCuNiP. The Morgan fingerprint density at radius 2 is 1.00 bits per heavy atom. The molecule has 0 amide bonds. The first-order chi connectivity index (χ1) is 0. The first-order valence-corrected chi connectivity index (χ1v) is 0. The van der Waals surface area contributed by atoms with Gasteiger partial charge in [0.1, 0.15) is 0 Å². The summed E-state index contributed by atoms with van der Waals surface area (Å²) in [6, 6.07) is 0. The molecule has 0 aromatic rings. The van der Waals surface area contributed by atoms with Crippen LogP contribution in [0.3, 0.4) is 0 Å². The zero-order chi connectivity index (χ0) is 0. The zero-order valence-electron chi connectivity index (χ0n) is 1.90. The molecule has 0 spiro atoms. The Balaban J connectivity index is 0. The van der Waals surface area contributed by atoms with Crippen LogP contribution in [0, 0.1) is 0 Å². The molecular weight excluding hydrogens is 164 g/mol. The molecule has 1 atom stereocenters. The minimum Gasteiger partial charge on any atom is -0.153 e. The van der Waals surface area contributed by atoms with E-state index in [1.54, 1.807) is 0 Å². The van der Waals surface area contributed by atoms with Gasteiger partial charge in [-0.15, -0.1) is 0 Å². The summed E-state index contributed by atoms with van der Waals surface area (Å²) in [5, 5.41) is 0. The van der Waals surface area contributed by atoms with E-state index in [0.717, 1.165) is 0 Å². The Hall–Kier alpha value is 1.51. The molecule has 0 fully saturated rings. The Labute approximate surface area is 52.1 Å². The van der Waals surface area contributed by atoms with Crippen molar-refractivity contribution in [1.29, 1.82) is 0 Å². The average molecular weight is 167 g/mol. The summed E-state index contributed by atoms with van der Waals surface area (Å²) in [4.78, 5) is 0. The van der Waals surface area contributed by atoms with Crippen molar-refractivity contribution in [2.45, 2.75) is 0 Å². The molecule has 0 nitrogen and oxygen atoms in total. The van der Waals surface area contributed by atoms with Crippen LogP contribution < -0.4 is 0 Å². The van der Waals surface area contributed by atoms with Crippen molar-refractivity contribution in [2.75, 3.05) is 0 Å². The van der Waals surface area contributed by atoms with Gasteiger partial charge < -0.3 is 0 Å². The summed E-state index contributed by atoms with van der Waals surface area (Å²) in [6.45, 7) is 0. The van der Waals surface area contributed by atoms with Crippen molar-refractivity contribution >= 4 is 18.3 Å². The van der Waals surface area contributed by atoms with Gasteiger partial charge in [-0.3, -0.25) is 0 Å². The Morgan fingerprint density at radius 3 is 1.00 bits per heavy atom. The van der Waals surface area contributed by atoms with Crippen molar-refractivity contribution in [3.63, 3.8) is 0 Å². The van der Waals surface area contributed by atoms with Gasteiger partial charge in [-0.05, 0) is 0 Å². The van der Waals surface area contributed by atoms with Gasteiger partial charge in [-0.2, -0.15) is 9.90 Å². The van der Waals surface area contributed by atoms with Crippen molar-refractivity contribution < 1.29 is 33.6 Å². The van der Waals surface area contributed by atoms with E-state index in [2.05, 4.69) is 0 Å². The quantitative estimate of drug-likeness (QED) is 0.342. The van der Waals surface area contributed by atoms with E-state index in [0.29, 0.717) is 0 Å². The summed E-state index contributed by atoms with van der Waals surface area (Å²) in [6.07, 6.45) is 0. The topological polar surface area (TPSA) is 0 Å². The first-order valence-electron chi connectivity index (χ1n) is 0. The predicted octanol–water partition coefficient (Wildman–Crippen LogP) is -0.328. The van der Waals surface area contributed by atoms with Gasteiger partial charge in [0.15, 0.2) is 0 Å². The Kier molecular flexibility index (Phi) is 300. The number of hydrogen-bond donors (Lipinski definition) is 0. The van der Waals surface area contributed by atoms with Gasteiger partial charge in [0, 0.05) is 42.0 Å². The molecule has 4 radical (unpaired) electrons. The van der Waals surface area contributed by atoms with Crippen molar-refractivity contribution in [1.82, 2.24) is 0 Å². The molecule has 0 saturated heterocycles. The van der Waals surface area contributed by atoms with E-state index < -0.39 is 0 Å². The third-order valence-electron chi connectivity index (χ3n) is 0. The molecule has 0 rings (SSSR count). The maximum absolute atomic E-state index is 0. The second kappa shape index (κ2) is 24.4. The summed E-state index contributed by atoms with van der Waals surface area (Å²) in [5.41, 5.74) is 0. The van der Waals surface area contributed by atoms with Gasteiger partial charge in [0.2, 0.25) is 0 Å². The van der Waals surface area contributed by atoms with Crippen LogP contribution >= 0.6 is 9.90 Å². The van der Waals surface area contributed by atoms with Gasteiger partial charge in [-0.1, -0.05) is 0 Å². The second-order valence-corrected chi connectivity index (χ2v) is 0. The fraction of sp³-hybridized carbons (Fsp3) is 0. The molecule has 1 unspecified atom stereocenters. The molecule has 0 aliphatic heterocycles. The van der Waals surface area contributed by atoms with Gasteiger partial charge in [0.05, 0.1) is 0 Å². The SMILES string of the molecule is P.[B].[Cu].[Ni]. The predicted molar refractivity (Wildman–Crippen MR) is 16.9 cm³/mol. The van der Waals surface area contributed by atoms with E-state index in [-0.39, 0.29) is 51.9 Å². The monoisotopic (exact) mass is 166 g/mol. The second-order valence-electron chi connectivity index (χ2n) is 0. The third kappa shape index (κ3) is 9.70. The van der Waals surface area contributed by atoms with Crippen molar-refractivity contribution in [3.05, 3.63) is 0 Å². The van der Waals surface area contributed by atoms with Crippen LogP contribution in [0.1, 0.15) is 0 Å². The van der Waals surface area contributed by atoms with Gasteiger partial charge in [-0.25, -0.2) is 0 Å². The van der Waals surface area contributed by atoms with Gasteiger partial charge >= 0.3 is 0 Å². The van der Waals surface area contributed by atoms with Crippen LogP contribution in [0.5, 0.6) is 0 Å². The molecule has 0 N–H and O–H groups in total. The van der Waals surface area contributed by atoms with E-state index >= 15 is 0 Å². The molecule has 0 aromatic carbocycles. The minimum absolute atomic E-state index is 0. The smallest absolute Gasteiger partial charge is 0 e. The Bertz CT molecular complexity index is 8.00. The van der Waals surface area contributed by atoms with Crippen LogP contribution in [0.15, 0.2) is 0 Å². The van der Waals surface area contributed by atoms with Crippen LogP contribution in [0.25, 0.3) is 0 Å². The summed E-state index contributed by atoms with van der Waals surface area (Å²) < 4.78 is 0. The summed E-state index contributed by atoms with van der Waals surface area (Å²) in [7, 11) is 0. The zero-order valence-corrected chi connectivity index (χ0v) is 5.25. The maximum atomic E-state index is 0. The van der Waals surface area contributed by atoms with Gasteiger partial charge in [0.25, 0.3) is 0 Å². The fourth-order valence-electron chi connectivity index (χ4n) is 0. The number of rotatable bonds is 0. The average Bonchev–Trinajstić information content (AvgIpc) is 0. The minimum atomic E-state index is 0. The number of hydrogen-bond acceptors (Lipinski definition) is 0. The van der Waals surface area contributed by atoms with Crippen LogP contribution in [0.2, 0.25) is 0 Å². The third-order valence-corrected chi connectivity index (χ3v) is 0. The van der Waals surface area contributed by atoms with E-state index in [4.69, 9.17) is 0 Å². The maximum Gasteiger partial charge on any atom is 0 e. The molecule has 0 aromatic heterocycles. The molecule has 0 saturated carbocycles. The van der Waals surface area contributed by atoms with Crippen LogP contribution in [-0.2, 0) is 33.6 Å². The van der Waals surface area contributed by atoms with Crippen molar-refractivity contribution in [3.8, 4) is 0 Å². The molecule has 32 valence electrons. The van der Waals surface area contributed by atoms with E-state index in [9.17, 15) is 0 Å². The molecule has 0 bridgehead atoms. The standard InChI is InChI=1S/B.Cu.Ni.H3P/h;;;1H3. The molecule has 0 aliphatic rings. The largest absolute Gasteiger partial charge is 0.153 e. The molecule has 0 heterocycles. The van der Waals surface area contributed by atoms with Crippen molar-refractivity contribution in [2.24, 2.45) is 0 Å². The molecule has 4 heavy (non-hydrogen) atoms. The normalized spacial score (nSPS) is 0. The van der Waals surface area contributed by atoms with Crippen LogP contribution in [0.4, 0.5) is 0 Å². The summed E-state index contributed by atoms with van der Waals surface area (Å²) >= 11 is 0. The first kappa shape index (κ1) is 49.2. The fourth-order valence-corrected chi connectivity index (χ4v) is 0. The molecule has 4 heteroatoms. The van der Waals surface area contributed by atoms with Crippen LogP contribution in [-0.4, -0.2) is 8.41 Å². The van der Waals surface area contributed by atoms with E-state index in [1.165, 1.54) is 0 Å². The Morgan fingerprint density at radius 1 is 1.00 bits per heavy atom. The molecule has 0 aliphatic carbocycles. The van der Waals surface area contributed by atoms with E-state index in [1.807, 2.05) is 0 Å². The summed E-state index contributed by atoms with van der Waals surface area (Å²) in [5.74, 6) is 0.